The smallest absolute Gasteiger partial charge is 0.358 e. The minimum absolute atomic E-state index is 0.113. The summed E-state index contributed by atoms with van der Waals surface area (Å²) in [6.45, 7) is 1.49. The van der Waals surface area contributed by atoms with Crippen LogP contribution >= 0.6 is 0 Å². The maximum atomic E-state index is 11.0. The lowest BCUT2D eigenvalue weighted by Gasteiger charge is -2.01. The summed E-state index contributed by atoms with van der Waals surface area (Å²) in [6.07, 6.45) is 2.51. The van der Waals surface area contributed by atoms with Crippen molar-refractivity contribution < 1.29 is 14.7 Å². The Morgan fingerprint density at radius 1 is 1.40 bits per heavy atom. The molecule has 0 saturated carbocycles. The summed E-state index contributed by atoms with van der Waals surface area (Å²) in [7, 11) is 0. The van der Waals surface area contributed by atoms with Gasteiger partial charge in [0.1, 0.15) is 0 Å². The minimum atomic E-state index is -1.26. The molecular formula is C9H7N3O3. The van der Waals surface area contributed by atoms with Crippen molar-refractivity contribution in [2.75, 3.05) is 5.32 Å². The van der Waals surface area contributed by atoms with Crippen LogP contribution in [0.25, 0.3) is 0 Å². The Labute approximate surface area is 85.4 Å². The molecule has 0 fully saturated rings. The zero-order chi connectivity index (χ0) is 11.3. The van der Waals surface area contributed by atoms with Crippen molar-refractivity contribution in [1.29, 1.82) is 0 Å². The van der Waals surface area contributed by atoms with Crippen LogP contribution in [0.5, 0.6) is 0 Å². The Kier molecular flexibility index (Phi) is 3.35. The van der Waals surface area contributed by atoms with Gasteiger partial charge < -0.3 is 5.11 Å². The molecule has 6 nitrogen and oxygen atoms in total. The molecule has 1 aromatic heterocycles. The molecule has 1 heterocycles. The van der Waals surface area contributed by atoms with E-state index in [1.54, 1.807) is 0 Å². The zero-order valence-corrected chi connectivity index (χ0v) is 7.81. The first kappa shape index (κ1) is 10.7. The van der Waals surface area contributed by atoms with Gasteiger partial charge in [-0.2, -0.15) is 0 Å². The Hall–Kier alpha value is -2.42. The number of anilines is 1. The fourth-order valence-corrected chi connectivity index (χ4v) is 0.838. The van der Waals surface area contributed by atoms with Crippen LogP contribution in [0.1, 0.15) is 17.4 Å². The SMILES string of the molecule is CC#CC(=O)Nc1nccnc1C(=O)O. The number of amides is 1. The van der Waals surface area contributed by atoms with Crippen molar-refractivity contribution in [3.05, 3.63) is 18.1 Å². The van der Waals surface area contributed by atoms with E-state index in [0.29, 0.717) is 0 Å². The van der Waals surface area contributed by atoms with Crippen LogP contribution in [0, 0.1) is 11.8 Å². The van der Waals surface area contributed by atoms with Gasteiger partial charge in [-0.3, -0.25) is 10.1 Å². The highest BCUT2D eigenvalue weighted by Gasteiger charge is 2.13. The molecule has 76 valence electrons. The van der Waals surface area contributed by atoms with Gasteiger partial charge in [0.05, 0.1) is 0 Å². The number of carbonyl (C=O) groups is 2. The quantitative estimate of drug-likeness (QED) is 0.670. The number of hydrogen-bond donors (Lipinski definition) is 2. The van der Waals surface area contributed by atoms with Crippen LogP contribution in [0.3, 0.4) is 0 Å². The molecule has 0 atom stereocenters. The summed E-state index contributed by atoms with van der Waals surface area (Å²) >= 11 is 0. The van der Waals surface area contributed by atoms with Crippen molar-refractivity contribution in [3.63, 3.8) is 0 Å². The van der Waals surface area contributed by atoms with E-state index in [-0.39, 0.29) is 11.5 Å². The molecule has 6 heteroatoms. The Bertz CT molecular complexity index is 459. The van der Waals surface area contributed by atoms with Crippen LogP contribution in [0.2, 0.25) is 0 Å². The van der Waals surface area contributed by atoms with Gasteiger partial charge in [0.2, 0.25) is 0 Å². The fourth-order valence-electron chi connectivity index (χ4n) is 0.838. The normalized spacial score (nSPS) is 8.60. The molecule has 0 aromatic carbocycles. The molecular weight excluding hydrogens is 198 g/mol. The third kappa shape index (κ3) is 2.77. The van der Waals surface area contributed by atoms with Gasteiger partial charge in [-0.25, -0.2) is 14.8 Å². The van der Waals surface area contributed by atoms with Crippen LogP contribution in [0.4, 0.5) is 5.82 Å². The molecule has 0 aliphatic carbocycles. The highest BCUT2D eigenvalue weighted by molar-refractivity contribution is 6.06. The van der Waals surface area contributed by atoms with Gasteiger partial charge in [-0.1, -0.05) is 5.92 Å². The lowest BCUT2D eigenvalue weighted by atomic mass is 10.4. The van der Waals surface area contributed by atoms with Crippen LogP contribution < -0.4 is 5.32 Å². The van der Waals surface area contributed by atoms with Gasteiger partial charge in [0, 0.05) is 12.4 Å². The fraction of sp³-hybridized carbons (Fsp3) is 0.111. The van der Waals surface area contributed by atoms with Gasteiger partial charge in [0.15, 0.2) is 11.5 Å². The first-order valence-corrected chi connectivity index (χ1v) is 3.93. The number of carboxylic acid groups (broad SMARTS) is 1. The highest BCUT2D eigenvalue weighted by atomic mass is 16.4. The Morgan fingerprint density at radius 3 is 2.67 bits per heavy atom. The number of hydrogen-bond acceptors (Lipinski definition) is 4. The van der Waals surface area contributed by atoms with Crippen LogP contribution in [-0.2, 0) is 4.79 Å². The minimum Gasteiger partial charge on any atom is -0.476 e. The average Bonchev–Trinajstić information content (AvgIpc) is 2.18. The van der Waals surface area contributed by atoms with Gasteiger partial charge in [-0.05, 0) is 12.8 Å². The van der Waals surface area contributed by atoms with Crippen LogP contribution in [0.15, 0.2) is 12.4 Å². The Morgan fingerprint density at radius 2 is 2.07 bits per heavy atom. The predicted octanol–water partition coefficient (Wildman–Crippen LogP) is 0.137. The molecule has 15 heavy (non-hydrogen) atoms. The van der Waals surface area contributed by atoms with Crippen molar-refractivity contribution >= 4 is 17.7 Å². The zero-order valence-electron chi connectivity index (χ0n) is 7.81. The van der Waals surface area contributed by atoms with Gasteiger partial charge in [0.25, 0.3) is 0 Å². The van der Waals surface area contributed by atoms with E-state index in [9.17, 15) is 9.59 Å². The van der Waals surface area contributed by atoms with E-state index in [1.165, 1.54) is 19.3 Å². The molecule has 1 aromatic rings. The van der Waals surface area contributed by atoms with E-state index in [0.717, 1.165) is 0 Å². The average molecular weight is 205 g/mol. The topological polar surface area (TPSA) is 92.2 Å². The second-order valence-electron chi connectivity index (χ2n) is 2.39. The summed E-state index contributed by atoms with van der Waals surface area (Å²) in [5, 5.41) is 10.9. The predicted molar refractivity (Wildman–Crippen MR) is 51.1 cm³/mol. The van der Waals surface area contributed by atoms with E-state index in [2.05, 4.69) is 27.1 Å². The molecule has 0 spiro atoms. The summed E-state index contributed by atoms with van der Waals surface area (Å²) in [5.74, 6) is 2.58. The summed E-state index contributed by atoms with van der Waals surface area (Å²) in [6, 6.07) is 0. The molecule has 0 aliphatic heterocycles. The summed E-state index contributed by atoms with van der Waals surface area (Å²) < 4.78 is 0. The van der Waals surface area contributed by atoms with E-state index < -0.39 is 11.9 Å². The molecule has 0 unspecified atom stereocenters. The molecule has 0 bridgehead atoms. The molecule has 1 amide bonds. The van der Waals surface area contributed by atoms with E-state index >= 15 is 0 Å². The summed E-state index contributed by atoms with van der Waals surface area (Å²) in [5.41, 5.74) is -0.316. The largest absolute Gasteiger partial charge is 0.476 e. The van der Waals surface area contributed by atoms with Gasteiger partial charge >= 0.3 is 11.9 Å². The number of nitrogens with one attached hydrogen (secondary N) is 1. The molecule has 2 N–H and O–H groups in total. The summed E-state index contributed by atoms with van der Waals surface area (Å²) in [4.78, 5) is 29.0. The number of aromatic carboxylic acids is 1. The van der Waals surface area contributed by atoms with Gasteiger partial charge in [-0.15, -0.1) is 0 Å². The van der Waals surface area contributed by atoms with Crippen LogP contribution in [-0.4, -0.2) is 27.0 Å². The van der Waals surface area contributed by atoms with Crippen molar-refractivity contribution in [1.82, 2.24) is 9.97 Å². The first-order valence-electron chi connectivity index (χ1n) is 3.93. The maximum absolute atomic E-state index is 11.0. The van der Waals surface area contributed by atoms with Crippen molar-refractivity contribution in [2.45, 2.75) is 6.92 Å². The monoisotopic (exact) mass is 205 g/mol. The number of aromatic nitrogens is 2. The highest BCUT2D eigenvalue weighted by Crippen LogP contribution is 2.07. The number of nitrogens with zero attached hydrogens (tertiary/aromatic N) is 2. The third-order valence-corrected chi connectivity index (χ3v) is 1.37. The molecule has 1 rings (SSSR count). The third-order valence-electron chi connectivity index (χ3n) is 1.37. The van der Waals surface area contributed by atoms with E-state index in [4.69, 9.17) is 5.11 Å². The van der Waals surface area contributed by atoms with Crippen molar-refractivity contribution in [3.8, 4) is 11.8 Å². The van der Waals surface area contributed by atoms with Crippen molar-refractivity contribution in [2.24, 2.45) is 0 Å². The second kappa shape index (κ2) is 4.72. The number of carbonyl (C=O) groups excluding carboxylic acids is 1. The maximum Gasteiger partial charge on any atom is 0.358 e. The first-order chi connectivity index (χ1) is 7.15. The van der Waals surface area contributed by atoms with E-state index in [1.807, 2.05) is 0 Å². The lowest BCUT2D eigenvalue weighted by molar-refractivity contribution is -0.111. The lowest BCUT2D eigenvalue weighted by Crippen LogP contribution is -2.15. The number of carboxylic acids is 1. The number of rotatable bonds is 2. The Balaban J connectivity index is 2.97. The molecule has 0 aliphatic rings. The molecule has 0 radical (unpaired) electrons. The second-order valence-corrected chi connectivity index (χ2v) is 2.39. The standard InChI is InChI=1S/C9H7N3O3/c1-2-3-6(13)12-8-7(9(14)15)10-4-5-11-8/h4-5H,1H3,(H,14,15)(H,11,12,13). The molecule has 0 saturated heterocycles.